The van der Waals surface area contributed by atoms with Gasteiger partial charge in [-0.15, -0.1) is 0 Å². The zero-order chi connectivity index (χ0) is 15.8. The normalized spacial score (nSPS) is 12.4. The first-order valence-electron chi connectivity index (χ1n) is 7.05. The third-order valence-corrected chi connectivity index (χ3v) is 3.64. The minimum atomic E-state index is -0.0651. The molecular formula is C15H24ClN3O2. The molecule has 1 aromatic carbocycles. The van der Waals surface area contributed by atoms with E-state index in [1.807, 2.05) is 0 Å². The largest absolute Gasteiger partial charge is 0.399 e. The maximum atomic E-state index is 12.0. The Kier molecular flexibility index (Phi) is 7.50. The number of nitrogens with one attached hydrogen (secondary N) is 1. The predicted molar refractivity (Wildman–Crippen MR) is 87.7 cm³/mol. The molecule has 1 aromatic rings. The summed E-state index contributed by atoms with van der Waals surface area (Å²) in [6.07, 6.45) is 0.405. The summed E-state index contributed by atoms with van der Waals surface area (Å²) < 4.78 is 5.14. The molecule has 3 N–H and O–H groups in total. The van der Waals surface area contributed by atoms with Gasteiger partial charge in [0.1, 0.15) is 0 Å². The number of amides is 1. The molecule has 1 atom stereocenters. The zero-order valence-corrected chi connectivity index (χ0v) is 13.6. The van der Waals surface area contributed by atoms with E-state index in [1.54, 1.807) is 25.3 Å². The van der Waals surface area contributed by atoms with E-state index in [1.165, 1.54) is 0 Å². The quantitative estimate of drug-likeness (QED) is 0.724. The second kappa shape index (κ2) is 8.87. The number of rotatable bonds is 8. The Morgan fingerprint density at radius 3 is 2.81 bits per heavy atom. The van der Waals surface area contributed by atoms with Crippen LogP contribution < -0.4 is 11.1 Å². The Morgan fingerprint density at radius 2 is 2.24 bits per heavy atom. The van der Waals surface area contributed by atoms with Gasteiger partial charge in [0.15, 0.2) is 0 Å². The first-order chi connectivity index (χ1) is 9.97. The molecule has 1 rings (SSSR count). The molecule has 6 heteroatoms. The van der Waals surface area contributed by atoms with Crippen molar-refractivity contribution < 1.29 is 9.53 Å². The fourth-order valence-electron chi connectivity index (χ4n) is 2.13. The molecule has 21 heavy (non-hydrogen) atoms. The third-order valence-electron chi connectivity index (χ3n) is 3.33. The second-order valence-electron chi connectivity index (χ2n) is 4.97. The third kappa shape index (κ3) is 5.91. The Morgan fingerprint density at radius 1 is 1.52 bits per heavy atom. The van der Waals surface area contributed by atoms with Gasteiger partial charge in [0.05, 0.1) is 17.3 Å². The summed E-state index contributed by atoms with van der Waals surface area (Å²) in [5, 5.41) is 3.25. The van der Waals surface area contributed by atoms with Gasteiger partial charge in [-0.05, 0) is 31.7 Å². The number of nitrogens with two attached hydrogens (primary N) is 1. The van der Waals surface area contributed by atoms with Crippen LogP contribution in [-0.4, -0.2) is 43.7 Å². The summed E-state index contributed by atoms with van der Waals surface area (Å²) in [5.41, 5.74) is 6.78. The lowest BCUT2D eigenvalue weighted by Crippen LogP contribution is -2.38. The van der Waals surface area contributed by atoms with Gasteiger partial charge in [0, 0.05) is 31.8 Å². The number of likely N-dealkylation sites (N-methyl/N-ethyl adjacent to an activating group) is 1. The number of hydrogen-bond acceptors (Lipinski definition) is 4. The summed E-state index contributed by atoms with van der Waals surface area (Å²) in [5.74, 6) is -0.0651. The number of ether oxygens (including phenoxy) is 1. The van der Waals surface area contributed by atoms with Crippen molar-refractivity contribution >= 4 is 28.9 Å². The summed E-state index contributed by atoms with van der Waals surface area (Å²) in [4.78, 5) is 14.2. The number of nitrogens with zero attached hydrogens (tertiary/aromatic N) is 1. The molecule has 0 fully saturated rings. The van der Waals surface area contributed by atoms with Crippen LogP contribution in [-0.2, 0) is 9.53 Å². The lowest BCUT2D eigenvalue weighted by atomic mass is 10.2. The molecule has 0 saturated heterocycles. The topological polar surface area (TPSA) is 67.6 Å². The minimum Gasteiger partial charge on any atom is -0.399 e. The fourth-order valence-corrected chi connectivity index (χ4v) is 2.36. The molecule has 1 amide bonds. The molecule has 0 heterocycles. The fraction of sp³-hybridized carbons (Fsp3) is 0.533. The van der Waals surface area contributed by atoms with Crippen LogP contribution in [0.4, 0.5) is 11.4 Å². The number of halogens is 1. The number of carbonyl (C=O) groups excluding carboxylic acids is 1. The molecular weight excluding hydrogens is 290 g/mol. The summed E-state index contributed by atoms with van der Waals surface area (Å²) >= 11 is 6.03. The van der Waals surface area contributed by atoms with Crippen molar-refractivity contribution in [1.29, 1.82) is 0 Å². The van der Waals surface area contributed by atoms with Gasteiger partial charge in [0.2, 0.25) is 5.91 Å². The van der Waals surface area contributed by atoms with Crippen LogP contribution in [0.2, 0.25) is 5.02 Å². The summed E-state index contributed by atoms with van der Waals surface area (Å²) in [7, 11) is 1.68. The monoisotopic (exact) mass is 313 g/mol. The molecule has 0 aliphatic carbocycles. The van der Waals surface area contributed by atoms with E-state index >= 15 is 0 Å². The number of methoxy groups -OCH3 is 1. The van der Waals surface area contributed by atoms with E-state index < -0.39 is 0 Å². The molecule has 0 aliphatic heterocycles. The molecule has 0 radical (unpaired) electrons. The van der Waals surface area contributed by atoms with Crippen molar-refractivity contribution in [3.05, 3.63) is 23.2 Å². The molecule has 0 aromatic heterocycles. The minimum absolute atomic E-state index is 0.0651. The van der Waals surface area contributed by atoms with E-state index in [2.05, 4.69) is 24.1 Å². The highest BCUT2D eigenvalue weighted by Gasteiger charge is 2.14. The van der Waals surface area contributed by atoms with Gasteiger partial charge in [0.25, 0.3) is 0 Å². The van der Waals surface area contributed by atoms with Gasteiger partial charge in [-0.2, -0.15) is 0 Å². The SMILES string of the molecule is CCN(CCC(=O)Nc1ccc(N)cc1Cl)C(C)COC. The van der Waals surface area contributed by atoms with Gasteiger partial charge in [-0.3, -0.25) is 9.69 Å². The van der Waals surface area contributed by atoms with Crippen LogP contribution in [0.25, 0.3) is 0 Å². The Hall–Kier alpha value is -1.30. The Bertz CT molecular complexity index is 468. The molecule has 118 valence electrons. The molecule has 1 unspecified atom stereocenters. The summed E-state index contributed by atoms with van der Waals surface area (Å²) in [6, 6.07) is 5.32. The van der Waals surface area contributed by atoms with Gasteiger partial charge < -0.3 is 15.8 Å². The predicted octanol–water partition coefficient (Wildman–Crippen LogP) is 2.61. The van der Waals surface area contributed by atoms with Crippen molar-refractivity contribution in [3.63, 3.8) is 0 Å². The zero-order valence-electron chi connectivity index (χ0n) is 12.9. The number of anilines is 2. The Balaban J connectivity index is 2.49. The van der Waals surface area contributed by atoms with Gasteiger partial charge in [-0.25, -0.2) is 0 Å². The number of nitrogen functional groups attached to an aromatic ring is 1. The van der Waals surface area contributed by atoms with Crippen molar-refractivity contribution in [2.24, 2.45) is 0 Å². The van der Waals surface area contributed by atoms with Crippen LogP contribution >= 0.6 is 11.6 Å². The highest BCUT2D eigenvalue weighted by Crippen LogP contribution is 2.24. The average molecular weight is 314 g/mol. The number of benzene rings is 1. The molecule has 0 aliphatic rings. The van der Waals surface area contributed by atoms with Crippen molar-refractivity contribution in [3.8, 4) is 0 Å². The summed E-state index contributed by atoms with van der Waals surface area (Å²) in [6.45, 7) is 6.36. The van der Waals surface area contributed by atoms with Gasteiger partial charge in [-0.1, -0.05) is 18.5 Å². The van der Waals surface area contributed by atoms with E-state index in [0.29, 0.717) is 36.0 Å². The first-order valence-corrected chi connectivity index (χ1v) is 7.43. The van der Waals surface area contributed by atoms with Crippen molar-refractivity contribution in [2.75, 3.05) is 37.9 Å². The maximum absolute atomic E-state index is 12.0. The molecule has 0 saturated carbocycles. The number of carbonyl (C=O) groups is 1. The average Bonchev–Trinajstić information content (AvgIpc) is 2.43. The number of hydrogen-bond donors (Lipinski definition) is 2. The van der Waals surface area contributed by atoms with Crippen LogP contribution in [0.1, 0.15) is 20.3 Å². The van der Waals surface area contributed by atoms with E-state index in [0.717, 1.165) is 6.54 Å². The van der Waals surface area contributed by atoms with Crippen LogP contribution in [0.3, 0.4) is 0 Å². The standard InChI is InChI=1S/C15H24ClN3O2/c1-4-19(11(2)10-21-3)8-7-15(20)18-14-6-5-12(17)9-13(14)16/h5-6,9,11H,4,7-8,10,17H2,1-3H3,(H,18,20). The van der Waals surface area contributed by atoms with Crippen molar-refractivity contribution in [2.45, 2.75) is 26.3 Å². The molecule has 0 spiro atoms. The first kappa shape index (κ1) is 17.8. The van der Waals surface area contributed by atoms with Crippen LogP contribution in [0.15, 0.2) is 18.2 Å². The highest BCUT2D eigenvalue weighted by atomic mass is 35.5. The van der Waals surface area contributed by atoms with Crippen molar-refractivity contribution in [1.82, 2.24) is 4.90 Å². The molecule has 0 bridgehead atoms. The van der Waals surface area contributed by atoms with Crippen LogP contribution in [0.5, 0.6) is 0 Å². The highest BCUT2D eigenvalue weighted by molar-refractivity contribution is 6.34. The lowest BCUT2D eigenvalue weighted by molar-refractivity contribution is -0.116. The van der Waals surface area contributed by atoms with E-state index in [4.69, 9.17) is 22.1 Å². The smallest absolute Gasteiger partial charge is 0.225 e. The van der Waals surface area contributed by atoms with Gasteiger partial charge >= 0.3 is 0 Å². The molecule has 5 nitrogen and oxygen atoms in total. The van der Waals surface area contributed by atoms with E-state index in [9.17, 15) is 4.79 Å². The second-order valence-corrected chi connectivity index (χ2v) is 5.38. The lowest BCUT2D eigenvalue weighted by Gasteiger charge is -2.26. The van der Waals surface area contributed by atoms with E-state index in [-0.39, 0.29) is 11.9 Å². The Labute approximate surface area is 131 Å². The van der Waals surface area contributed by atoms with Crippen LogP contribution in [0, 0.1) is 0 Å². The maximum Gasteiger partial charge on any atom is 0.225 e.